The van der Waals surface area contributed by atoms with Gasteiger partial charge in [-0.15, -0.1) is 11.3 Å². The third kappa shape index (κ3) is 4.10. The largest absolute Gasteiger partial charge is 0.443 e. The molecule has 1 aliphatic carbocycles. The number of benzene rings is 1. The van der Waals surface area contributed by atoms with Crippen LogP contribution in [0.15, 0.2) is 36.4 Å². The molecule has 0 aliphatic heterocycles. The van der Waals surface area contributed by atoms with E-state index in [2.05, 4.69) is 0 Å². The van der Waals surface area contributed by atoms with Crippen LogP contribution < -0.4 is 0 Å². The molecule has 1 amide bonds. The monoisotopic (exact) mass is 357 g/mol. The average Bonchev–Trinajstić information content (AvgIpc) is 2.90. The molecule has 1 atom stereocenters. The number of carbonyl (C=O) groups is 2. The number of hydrogen-bond donors (Lipinski definition) is 0. The summed E-state index contributed by atoms with van der Waals surface area (Å²) in [6.45, 7) is 0. The Hall–Kier alpha value is -2.14. The minimum atomic E-state index is -0.911. The van der Waals surface area contributed by atoms with E-state index in [9.17, 15) is 9.59 Å². The van der Waals surface area contributed by atoms with Crippen LogP contribution in [0.2, 0.25) is 0 Å². The molecular formula is C20H23NO3S. The van der Waals surface area contributed by atoms with E-state index in [0.29, 0.717) is 10.4 Å². The SMILES string of the molecule is CN(C)C(=O)[C@H](OC(=O)c1cc2c(s1)CCCCC2)c1ccccc1. The van der Waals surface area contributed by atoms with Gasteiger partial charge < -0.3 is 9.64 Å². The van der Waals surface area contributed by atoms with Crippen molar-refractivity contribution in [3.05, 3.63) is 57.3 Å². The van der Waals surface area contributed by atoms with Crippen LogP contribution >= 0.6 is 11.3 Å². The van der Waals surface area contributed by atoms with Gasteiger partial charge in [-0.3, -0.25) is 4.79 Å². The number of likely N-dealkylation sites (N-methyl/N-ethyl adjacent to an activating group) is 1. The predicted molar refractivity (Wildman–Crippen MR) is 98.9 cm³/mol. The summed E-state index contributed by atoms with van der Waals surface area (Å²) in [5, 5.41) is 0. The Bertz CT molecular complexity index is 728. The summed E-state index contributed by atoms with van der Waals surface area (Å²) in [6, 6.07) is 11.1. The summed E-state index contributed by atoms with van der Waals surface area (Å²) in [7, 11) is 3.33. The highest BCUT2D eigenvalue weighted by Gasteiger charge is 2.28. The maximum atomic E-state index is 12.7. The second-order valence-electron chi connectivity index (χ2n) is 6.55. The minimum Gasteiger partial charge on any atom is -0.443 e. The number of hydrogen-bond acceptors (Lipinski definition) is 4. The van der Waals surface area contributed by atoms with Crippen LogP contribution in [-0.2, 0) is 22.4 Å². The van der Waals surface area contributed by atoms with Crippen LogP contribution in [0.25, 0.3) is 0 Å². The number of fused-ring (bicyclic) bond motifs is 1. The lowest BCUT2D eigenvalue weighted by atomic mass is 10.1. The number of amides is 1. The molecule has 25 heavy (non-hydrogen) atoms. The molecule has 1 aromatic heterocycles. The summed E-state index contributed by atoms with van der Waals surface area (Å²) < 4.78 is 5.63. The second-order valence-corrected chi connectivity index (χ2v) is 7.69. The zero-order chi connectivity index (χ0) is 17.8. The van der Waals surface area contributed by atoms with E-state index in [0.717, 1.165) is 12.8 Å². The third-order valence-electron chi connectivity index (χ3n) is 4.44. The van der Waals surface area contributed by atoms with Crippen molar-refractivity contribution >= 4 is 23.2 Å². The lowest BCUT2D eigenvalue weighted by Gasteiger charge is -2.20. The first-order chi connectivity index (χ1) is 12.1. The van der Waals surface area contributed by atoms with Crippen molar-refractivity contribution in [3.63, 3.8) is 0 Å². The first-order valence-corrected chi connectivity index (χ1v) is 9.46. The Kier molecular flexibility index (Phi) is 5.53. The maximum Gasteiger partial charge on any atom is 0.349 e. The molecule has 3 rings (SSSR count). The molecule has 0 saturated heterocycles. The molecule has 0 fully saturated rings. The summed E-state index contributed by atoms with van der Waals surface area (Å²) >= 11 is 1.51. The fourth-order valence-corrected chi connectivity index (χ4v) is 4.19. The van der Waals surface area contributed by atoms with Gasteiger partial charge in [-0.05, 0) is 37.3 Å². The van der Waals surface area contributed by atoms with Gasteiger partial charge in [0.05, 0.1) is 0 Å². The predicted octanol–water partition coefficient (Wildman–Crippen LogP) is 4.00. The molecule has 0 radical (unpaired) electrons. The topological polar surface area (TPSA) is 46.6 Å². The molecule has 0 unspecified atom stereocenters. The summed E-state index contributed by atoms with van der Waals surface area (Å²) in [5.74, 6) is -0.653. The van der Waals surface area contributed by atoms with Crippen molar-refractivity contribution in [1.29, 1.82) is 0 Å². The summed E-state index contributed by atoms with van der Waals surface area (Å²) in [5.41, 5.74) is 1.96. The number of thiophene rings is 1. The zero-order valence-electron chi connectivity index (χ0n) is 14.7. The minimum absolute atomic E-state index is 0.238. The molecule has 1 aromatic carbocycles. The van der Waals surface area contributed by atoms with Crippen LogP contribution in [0, 0.1) is 0 Å². The Morgan fingerprint density at radius 1 is 1.08 bits per heavy atom. The number of ether oxygens (including phenoxy) is 1. The molecule has 0 N–H and O–H groups in total. The van der Waals surface area contributed by atoms with Gasteiger partial charge in [0.15, 0.2) is 0 Å². The summed E-state index contributed by atoms with van der Waals surface area (Å²) in [4.78, 5) is 28.5. The van der Waals surface area contributed by atoms with Crippen LogP contribution in [0.1, 0.15) is 51.0 Å². The Balaban J connectivity index is 1.82. The highest BCUT2D eigenvalue weighted by atomic mass is 32.1. The second kappa shape index (κ2) is 7.83. The van der Waals surface area contributed by atoms with Crippen molar-refractivity contribution in [2.24, 2.45) is 0 Å². The Labute approximate surface area is 152 Å². The average molecular weight is 357 g/mol. The standard InChI is InChI=1S/C20H23NO3S/c1-21(2)19(22)18(14-9-5-3-6-10-14)24-20(23)17-13-15-11-7-4-8-12-16(15)25-17/h3,5-6,9-10,13,18H,4,7-8,11-12H2,1-2H3/t18-/m1/s1. The van der Waals surface area contributed by atoms with Gasteiger partial charge in [0.1, 0.15) is 4.88 Å². The molecule has 2 aromatic rings. The Morgan fingerprint density at radius 2 is 1.80 bits per heavy atom. The smallest absolute Gasteiger partial charge is 0.349 e. The number of carbonyl (C=O) groups excluding carboxylic acids is 2. The number of rotatable bonds is 4. The molecule has 0 saturated carbocycles. The van der Waals surface area contributed by atoms with Gasteiger partial charge in [-0.25, -0.2) is 4.79 Å². The molecule has 1 aliphatic rings. The lowest BCUT2D eigenvalue weighted by molar-refractivity contribution is -0.138. The molecule has 1 heterocycles. The highest BCUT2D eigenvalue weighted by molar-refractivity contribution is 7.14. The van der Waals surface area contributed by atoms with E-state index in [1.54, 1.807) is 14.1 Å². The van der Waals surface area contributed by atoms with Crippen molar-refractivity contribution in [1.82, 2.24) is 4.90 Å². The van der Waals surface area contributed by atoms with Crippen molar-refractivity contribution in [2.75, 3.05) is 14.1 Å². The van der Waals surface area contributed by atoms with Gasteiger partial charge in [0, 0.05) is 24.5 Å². The third-order valence-corrected chi connectivity index (χ3v) is 5.66. The number of esters is 1. The van der Waals surface area contributed by atoms with E-state index in [1.165, 1.54) is 45.9 Å². The lowest BCUT2D eigenvalue weighted by Crippen LogP contribution is -2.31. The molecule has 132 valence electrons. The van der Waals surface area contributed by atoms with Crippen LogP contribution in [0.5, 0.6) is 0 Å². The van der Waals surface area contributed by atoms with E-state index in [1.807, 2.05) is 36.4 Å². The van der Waals surface area contributed by atoms with Gasteiger partial charge in [-0.2, -0.15) is 0 Å². The number of aryl methyl sites for hydroxylation is 2. The Morgan fingerprint density at radius 3 is 2.52 bits per heavy atom. The molecule has 4 nitrogen and oxygen atoms in total. The quantitative estimate of drug-likeness (QED) is 0.614. The van der Waals surface area contributed by atoms with Gasteiger partial charge in [-0.1, -0.05) is 36.8 Å². The molecule has 0 spiro atoms. The highest BCUT2D eigenvalue weighted by Crippen LogP contribution is 2.31. The van der Waals surface area contributed by atoms with Gasteiger partial charge in [0.25, 0.3) is 5.91 Å². The zero-order valence-corrected chi connectivity index (χ0v) is 15.5. The van der Waals surface area contributed by atoms with Crippen LogP contribution in [0.4, 0.5) is 0 Å². The van der Waals surface area contributed by atoms with Crippen LogP contribution in [0.3, 0.4) is 0 Å². The van der Waals surface area contributed by atoms with Gasteiger partial charge >= 0.3 is 5.97 Å². The first kappa shape index (κ1) is 17.7. The van der Waals surface area contributed by atoms with E-state index in [-0.39, 0.29) is 5.91 Å². The van der Waals surface area contributed by atoms with Crippen LogP contribution in [-0.4, -0.2) is 30.9 Å². The van der Waals surface area contributed by atoms with E-state index < -0.39 is 12.1 Å². The molecule has 5 heteroatoms. The van der Waals surface area contributed by atoms with Crippen molar-refractivity contribution in [3.8, 4) is 0 Å². The van der Waals surface area contributed by atoms with E-state index >= 15 is 0 Å². The molecular weight excluding hydrogens is 334 g/mol. The van der Waals surface area contributed by atoms with Gasteiger partial charge in [0.2, 0.25) is 6.10 Å². The fraction of sp³-hybridized carbons (Fsp3) is 0.400. The summed E-state index contributed by atoms with van der Waals surface area (Å²) in [6.07, 6.45) is 4.74. The first-order valence-electron chi connectivity index (χ1n) is 8.65. The maximum absolute atomic E-state index is 12.7. The number of nitrogens with zero attached hydrogens (tertiary/aromatic N) is 1. The van der Waals surface area contributed by atoms with Crippen molar-refractivity contribution < 1.29 is 14.3 Å². The normalized spacial score (nSPS) is 15.0. The fourth-order valence-electron chi connectivity index (χ4n) is 3.06. The van der Waals surface area contributed by atoms with E-state index in [4.69, 9.17) is 4.74 Å². The molecule has 0 bridgehead atoms. The van der Waals surface area contributed by atoms with Crippen molar-refractivity contribution in [2.45, 2.75) is 38.2 Å².